The quantitative estimate of drug-likeness (QED) is 0.703. The first-order valence-corrected chi connectivity index (χ1v) is 9.75. The Balaban J connectivity index is 1.79. The fourth-order valence-electron chi connectivity index (χ4n) is 3.40. The fraction of sp³-hybridized carbons (Fsp3) is 0.429. The van der Waals surface area contributed by atoms with Crippen LogP contribution >= 0.6 is 15.9 Å². The van der Waals surface area contributed by atoms with Gasteiger partial charge < -0.3 is 10.5 Å². The van der Waals surface area contributed by atoms with E-state index in [0.717, 1.165) is 43.9 Å². The van der Waals surface area contributed by atoms with Crippen LogP contribution in [-0.2, 0) is 17.8 Å². The predicted molar refractivity (Wildman–Crippen MR) is 108 cm³/mol. The Morgan fingerprint density at radius 2 is 1.96 bits per heavy atom. The molecule has 3 rings (SSSR count). The Labute approximate surface area is 159 Å². The number of halogens is 1. The summed E-state index contributed by atoms with van der Waals surface area (Å²) in [5, 5.41) is 0. The molecule has 2 N–H and O–H groups in total. The Bertz CT molecular complexity index is 726. The van der Waals surface area contributed by atoms with Crippen molar-refractivity contribution in [2.24, 2.45) is 0 Å². The maximum Gasteiger partial charge on any atom is 0.0703 e. The van der Waals surface area contributed by atoms with Crippen LogP contribution in [0.1, 0.15) is 35.1 Å². The van der Waals surface area contributed by atoms with Crippen molar-refractivity contribution in [2.45, 2.75) is 45.9 Å². The Morgan fingerprint density at radius 1 is 1.16 bits per heavy atom. The number of nitrogens with zero attached hydrogens (tertiary/aromatic N) is 1. The Kier molecular flexibility index (Phi) is 6.15. The summed E-state index contributed by atoms with van der Waals surface area (Å²) in [6, 6.07) is 12.9. The molecular weight excluding hydrogens is 376 g/mol. The lowest BCUT2D eigenvalue weighted by atomic mass is 10.1. The number of benzene rings is 2. The summed E-state index contributed by atoms with van der Waals surface area (Å²) in [6.45, 7) is 7.74. The van der Waals surface area contributed by atoms with Gasteiger partial charge in [-0.05, 0) is 55.0 Å². The van der Waals surface area contributed by atoms with E-state index in [1.54, 1.807) is 0 Å². The lowest BCUT2D eigenvalue weighted by Gasteiger charge is -2.26. The minimum absolute atomic E-state index is 0.329. The standard InChI is InChI=1S/C21H27BrN2O/c1-15-8-9-17(20(22)11-15)12-24(14-19-7-4-10-25-19)13-18-6-3-5-16(2)21(18)23/h3,5-6,8-9,11,19H,4,7,10,12-14,23H2,1-2H3. The molecule has 1 atom stereocenters. The third-order valence-electron chi connectivity index (χ3n) is 4.90. The minimum atomic E-state index is 0.329. The van der Waals surface area contributed by atoms with E-state index in [2.05, 4.69) is 71.1 Å². The van der Waals surface area contributed by atoms with Crippen LogP contribution in [0.2, 0.25) is 0 Å². The largest absolute Gasteiger partial charge is 0.398 e. The van der Waals surface area contributed by atoms with Gasteiger partial charge in [-0.25, -0.2) is 0 Å². The first kappa shape index (κ1) is 18.4. The maximum atomic E-state index is 6.32. The highest BCUT2D eigenvalue weighted by Crippen LogP contribution is 2.25. The van der Waals surface area contributed by atoms with Gasteiger partial charge in [0.25, 0.3) is 0 Å². The van der Waals surface area contributed by atoms with Crippen LogP contribution in [0.15, 0.2) is 40.9 Å². The van der Waals surface area contributed by atoms with E-state index in [0.29, 0.717) is 6.10 Å². The van der Waals surface area contributed by atoms with Gasteiger partial charge in [0.05, 0.1) is 6.10 Å². The number of hydrogen-bond acceptors (Lipinski definition) is 3. The molecule has 0 amide bonds. The van der Waals surface area contributed by atoms with Crippen LogP contribution in [0.25, 0.3) is 0 Å². The van der Waals surface area contributed by atoms with Crippen molar-refractivity contribution in [3.8, 4) is 0 Å². The van der Waals surface area contributed by atoms with E-state index in [9.17, 15) is 0 Å². The fourth-order valence-corrected chi connectivity index (χ4v) is 4.02. The molecule has 1 aliphatic rings. The lowest BCUT2D eigenvalue weighted by Crippen LogP contribution is -2.32. The van der Waals surface area contributed by atoms with E-state index in [1.807, 2.05) is 0 Å². The third-order valence-corrected chi connectivity index (χ3v) is 5.63. The molecule has 0 spiro atoms. The monoisotopic (exact) mass is 402 g/mol. The second-order valence-corrected chi connectivity index (χ2v) is 7.90. The van der Waals surface area contributed by atoms with Crippen molar-refractivity contribution in [3.63, 3.8) is 0 Å². The summed E-state index contributed by atoms with van der Waals surface area (Å²) in [4.78, 5) is 2.45. The third kappa shape index (κ3) is 4.84. The Hall–Kier alpha value is -1.36. The van der Waals surface area contributed by atoms with E-state index in [4.69, 9.17) is 10.5 Å². The molecule has 0 aliphatic carbocycles. The topological polar surface area (TPSA) is 38.5 Å². The average molecular weight is 403 g/mol. The molecule has 1 heterocycles. The highest BCUT2D eigenvalue weighted by Gasteiger charge is 2.21. The summed E-state index contributed by atoms with van der Waals surface area (Å²) in [6.07, 6.45) is 2.64. The molecule has 0 aromatic heterocycles. The van der Waals surface area contributed by atoms with E-state index < -0.39 is 0 Å². The molecule has 2 aromatic rings. The second-order valence-electron chi connectivity index (χ2n) is 7.05. The van der Waals surface area contributed by atoms with Gasteiger partial charge in [0.1, 0.15) is 0 Å². The number of aryl methyl sites for hydroxylation is 2. The van der Waals surface area contributed by atoms with Crippen LogP contribution in [0, 0.1) is 13.8 Å². The minimum Gasteiger partial charge on any atom is -0.398 e. The number of nitrogen functional groups attached to an aromatic ring is 1. The van der Waals surface area contributed by atoms with Crippen LogP contribution in [0.3, 0.4) is 0 Å². The van der Waals surface area contributed by atoms with E-state index >= 15 is 0 Å². The number of hydrogen-bond donors (Lipinski definition) is 1. The summed E-state index contributed by atoms with van der Waals surface area (Å²) >= 11 is 3.72. The van der Waals surface area contributed by atoms with Crippen LogP contribution in [0.5, 0.6) is 0 Å². The molecule has 0 radical (unpaired) electrons. The molecule has 4 heteroatoms. The lowest BCUT2D eigenvalue weighted by molar-refractivity contribution is 0.0679. The predicted octanol–water partition coefficient (Wildman–Crippen LogP) is 4.83. The molecule has 2 aromatic carbocycles. The smallest absolute Gasteiger partial charge is 0.0703 e. The first-order chi connectivity index (χ1) is 12.0. The van der Waals surface area contributed by atoms with Crippen LogP contribution in [0.4, 0.5) is 5.69 Å². The van der Waals surface area contributed by atoms with Gasteiger partial charge in [-0.15, -0.1) is 0 Å². The van der Waals surface area contributed by atoms with Crippen molar-refractivity contribution in [3.05, 3.63) is 63.1 Å². The molecular formula is C21H27BrN2O. The molecule has 1 unspecified atom stereocenters. The van der Waals surface area contributed by atoms with Gasteiger partial charge in [0.2, 0.25) is 0 Å². The number of anilines is 1. The van der Waals surface area contributed by atoms with Crippen molar-refractivity contribution >= 4 is 21.6 Å². The van der Waals surface area contributed by atoms with Gasteiger partial charge in [0.15, 0.2) is 0 Å². The molecule has 1 saturated heterocycles. The Morgan fingerprint density at radius 3 is 2.68 bits per heavy atom. The van der Waals surface area contributed by atoms with E-state index in [1.165, 1.54) is 27.6 Å². The van der Waals surface area contributed by atoms with Gasteiger partial charge in [-0.1, -0.05) is 46.3 Å². The zero-order valence-corrected chi connectivity index (χ0v) is 16.7. The van der Waals surface area contributed by atoms with Gasteiger partial charge in [0, 0.05) is 36.4 Å². The highest BCUT2D eigenvalue weighted by molar-refractivity contribution is 9.10. The SMILES string of the molecule is Cc1ccc(CN(Cc2cccc(C)c2N)CC2CCCO2)c(Br)c1. The van der Waals surface area contributed by atoms with Crippen LogP contribution < -0.4 is 5.73 Å². The van der Waals surface area contributed by atoms with Crippen molar-refractivity contribution < 1.29 is 4.74 Å². The van der Waals surface area contributed by atoms with Gasteiger partial charge in [-0.2, -0.15) is 0 Å². The molecule has 3 nitrogen and oxygen atoms in total. The molecule has 134 valence electrons. The van der Waals surface area contributed by atoms with Crippen molar-refractivity contribution in [1.29, 1.82) is 0 Å². The van der Waals surface area contributed by atoms with E-state index in [-0.39, 0.29) is 0 Å². The highest BCUT2D eigenvalue weighted by atomic mass is 79.9. The number of rotatable bonds is 6. The second kappa shape index (κ2) is 8.35. The summed E-state index contributed by atoms with van der Waals surface area (Å²) in [5.74, 6) is 0. The molecule has 25 heavy (non-hydrogen) atoms. The summed E-state index contributed by atoms with van der Waals surface area (Å²) in [7, 11) is 0. The molecule has 0 saturated carbocycles. The maximum absolute atomic E-state index is 6.32. The van der Waals surface area contributed by atoms with Crippen molar-refractivity contribution in [2.75, 3.05) is 18.9 Å². The number of nitrogens with two attached hydrogens (primary N) is 1. The number of ether oxygens (including phenoxy) is 1. The molecule has 0 bridgehead atoms. The number of para-hydroxylation sites is 1. The summed E-state index contributed by atoms with van der Waals surface area (Å²) in [5.41, 5.74) is 12.1. The first-order valence-electron chi connectivity index (χ1n) is 8.96. The van der Waals surface area contributed by atoms with Crippen LogP contribution in [-0.4, -0.2) is 24.2 Å². The normalized spacial score (nSPS) is 17.4. The molecule has 1 aliphatic heterocycles. The van der Waals surface area contributed by atoms with Gasteiger partial charge >= 0.3 is 0 Å². The zero-order valence-electron chi connectivity index (χ0n) is 15.1. The zero-order chi connectivity index (χ0) is 17.8. The summed E-state index contributed by atoms with van der Waals surface area (Å²) < 4.78 is 7.05. The average Bonchev–Trinajstić information content (AvgIpc) is 3.07. The molecule has 1 fully saturated rings. The van der Waals surface area contributed by atoms with Gasteiger partial charge in [-0.3, -0.25) is 4.90 Å². The van der Waals surface area contributed by atoms with Crippen molar-refractivity contribution in [1.82, 2.24) is 4.90 Å².